The second-order valence-corrected chi connectivity index (χ2v) is 4.78. The molecule has 0 unspecified atom stereocenters. The molecule has 0 atom stereocenters. The third-order valence-corrected chi connectivity index (χ3v) is 3.24. The Morgan fingerprint density at radius 3 is 2.69 bits per heavy atom. The van der Waals surface area contributed by atoms with Crippen molar-refractivity contribution in [1.82, 2.24) is 0 Å². The predicted octanol–water partition coefficient (Wildman–Crippen LogP) is 3.39. The van der Waals surface area contributed by atoms with Gasteiger partial charge in [0.05, 0.1) is 6.10 Å². The Hall–Kier alpha value is -1.55. The molecular weight excluding hydrogens is 224 g/mol. The smallest absolute Gasteiger partial charge is 0.349 e. The number of benzene rings is 1. The predicted molar refractivity (Wildman–Crippen MR) is 64.5 cm³/mol. The van der Waals surface area contributed by atoms with Crippen LogP contribution in [0.2, 0.25) is 0 Å². The molecule has 3 nitrogen and oxygen atoms in total. The molecule has 4 heteroatoms. The van der Waals surface area contributed by atoms with Gasteiger partial charge in [0.25, 0.3) is 0 Å². The molecule has 0 aliphatic rings. The lowest BCUT2D eigenvalue weighted by Crippen LogP contribution is -2.08. The van der Waals surface area contributed by atoms with Gasteiger partial charge >= 0.3 is 5.97 Å². The zero-order valence-corrected chi connectivity index (χ0v) is 9.88. The van der Waals surface area contributed by atoms with Gasteiger partial charge in [-0.15, -0.1) is 11.3 Å². The maximum atomic E-state index is 11.1. The summed E-state index contributed by atoms with van der Waals surface area (Å²) >= 11 is 1.25. The summed E-state index contributed by atoms with van der Waals surface area (Å²) in [6, 6.07) is 7.56. The Kier molecular flexibility index (Phi) is 2.83. The lowest BCUT2D eigenvalue weighted by Gasteiger charge is -2.09. The van der Waals surface area contributed by atoms with Crippen molar-refractivity contribution in [3.8, 4) is 5.75 Å². The van der Waals surface area contributed by atoms with E-state index in [4.69, 9.17) is 9.84 Å². The van der Waals surface area contributed by atoms with Crippen molar-refractivity contribution in [3.05, 3.63) is 29.1 Å². The number of aromatic carboxylic acids is 1. The standard InChI is InChI=1S/C12H12O3S/c1-7(2)15-10-8-5-3-4-6-9(8)16-11(10)12(13)14/h3-7H,1-2H3,(H,13,14). The maximum Gasteiger partial charge on any atom is 0.349 e. The first-order valence-corrected chi connectivity index (χ1v) is 5.82. The van der Waals surface area contributed by atoms with Crippen molar-refractivity contribution in [2.45, 2.75) is 20.0 Å². The number of carboxylic acid groups (broad SMARTS) is 1. The minimum absolute atomic E-state index is 0.0314. The minimum Gasteiger partial charge on any atom is -0.489 e. The van der Waals surface area contributed by atoms with E-state index in [2.05, 4.69) is 0 Å². The van der Waals surface area contributed by atoms with Crippen LogP contribution in [0.3, 0.4) is 0 Å². The van der Waals surface area contributed by atoms with Crippen LogP contribution in [0.1, 0.15) is 23.5 Å². The molecule has 0 fully saturated rings. The van der Waals surface area contributed by atoms with Crippen LogP contribution in [-0.4, -0.2) is 17.2 Å². The Balaban J connectivity index is 2.64. The zero-order valence-electron chi connectivity index (χ0n) is 9.06. The molecule has 0 spiro atoms. The third-order valence-electron chi connectivity index (χ3n) is 2.10. The summed E-state index contributed by atoms with van der Waals surface area (Å²) in [5.74, 6) is -0.444. The molecule has 0 aliphatic carbocycles. The van der Waals surface area contributed by atoms with Gasteiger partial charge in [0, 0.05) is 10.1 Å². The monoisotopic (exact) mass is 236 g/mol. The van der Waals surface area contributed by atoms with Crippen molar-refractivity contribution < 1.29 is 14.6 Å². The number of hydrogen-bond donors (Lipinski definition) is 1. The van der Waals surface area contributed by atoms with E-state index in [1.807, 2.05) is 38.1 Å². The second-order valence-electron chi connectivity index (χ2n) is 3.73. The van der Waals surface area contributed by atoms with Crippen molar-refractivity contribution in [3.63, 3.8) is 0 Å². The Morgan fingerprint density at radius 1 is 1.38 bits per heavy atom. The van der Waals surface area contributed by atoms with Gasteiger partial charge in [-0.1, -0.05) is 12.1 Å². The van der Waals surface area contributed by atoms with E-state index in [0.717, 1.165) is 10.1 Å². The summed E-state index contributed by atoms with van der Waals surface area (Å²) in [5.41, 5.74) is 0. The van der Waals surface area contributed by atoms with Crippen LogP contribution in [0.15, 0.2) is 24.3 Å². The van der Waals surface area contributed by atoms with E-state index in [1.54, 1.807) is 0 Å². The van der Waals surface area contributed by atoms with Crippen molar-refractivity contribution in [2.75, 3.05) is 0 Å². The summed E-state index contributed by atoms with van der Waals surface area (Å²) in [7, 11) is 0. The van der Waals surface area contributed by atoms with Gasteiger partial charge < -0.3 is 9.84 Å². The van der Waals surface area contributed by atoms with Crippen LogP contribution in [0.5, 0.6) is 5.75 Å². The first kappa shape index (κ1) is 11.0. The number of thiophene rings is 1. The fraction of sp³-hybridized carbons (Fsp3) is 0.250. The molecule has 0 radical (unpaired) electrons. The Bertz CT molecular complexity index is 528. The van der Waals surface area contributed by atoms with Crippen LogP contribution in [0.25, 0.3) is 10.1 Å². The fourth-order valence-corrected chi connectivity index (χ4v) is 2.49. The number of hydrogen-bond acceptors (Lipinski definition) is 3. The van der Waals surface area contributed by atoms with E-state index >= 15 is 0 Å². The lowest BCUT2D eigenvalue weighted by molar-refractivity contribution is 0.0697. The van der Waals surface area contributed by atoms with Gasteiger partial charge in [-0.25, -0.2) is 4.79 Å². The number of carbonyl (C=O) groups is 1. The average Bonchev–Trinajstić information content (AvgIpc) is 2.57. The molecule has 16 heavy (non-hydrogen) atoms. The molecule has 1 N–H and O–H groups in total. The highest BCUT2D eigenvalue weighted by Crippen LogP contribution is 2.38. The molecule has 1 aromatic heterocycles. The van der Waals surface area contributed by atoms with E-state index in [9.17, 15) is 4.79 Å². The first-order valence-electron chi connectivity index (χ1n) is 5.01. The molecule has 2 rings (SSSR count). The average molecular weight is 236 g/mol. The van der Waals surface area contributed by atoms with Gasteiger partial charge in [0.15, 0.2) is 10.6 Å². The van der Waals surface area contributed by atoms with E-state index < -0.39 is 5.97 Å². The van der Waals surface area contributed by atoms with Crippen LogP contribution < -0.4 is 4.74 Å². The summed E-state index contributed by atoms with van der Waals surface area (Å²) in [5, 5.41) is 9.98. The number of rotatable bonds is 3. The van der Waals surface area contributed by atoms with Crippen molar-refractivity contribution in [1.29, 1.82) is 0 Å². The van der Waals surface area contributed by atoms with E-state index in [-0.39, 0.29) is 11.0 Å². The molecule has 1 heterocycles. The maximum absolute atomic E-state index is 11.1. The summed E-state index contributed by atoms with van der Waals surface area (Å²) in [6.07, 6.45) is -0.0314. The lowest BCUT2D eigenvalue weighted by atomic mass is 10.2. The van der Waals surface area contributed by atoms with E-state index in [0.29, 0.717) is 5.75 Å². The van der Waals surface area contributed by atoms with Gasteiger partial charge in [0.1, 0.15) is 0 Å². The van der Waals surface area contributed by atoms with Gasteiger partial charge in [-0.3, -0.25) is 0 Å². The molecule has 1 aromatic carbocycles. The van der Waals surface area contributed by atoms with Gasteiger partial charge in [-0.2, -0.15) is 0 Å². The normalized spacial score (nSPS) is 10.9. The third kappa shape index (κ3) is 1.88. The number of fused-ring (bicyclic) bond motifs is 1. The van der Waals surface area contributed by atoms with Crippen LogP contribution in [-0.2, 0) is 0 Å². The molecule has 0 bridgehead atoms. The summed E-state index contributed by atoms with van der Waals surface area (Å²) in [4.78, 5) is 11.4. The number of ether oxygens (including phenoxy) is 1. The molecule has 84 valence electrons. The minimum atomic E-state index is -0.933. The molecule has 2 aromatic rings. The largest absolute Gasteiger partial charge is 0.489 e. The van der Waals surface area contributed by atoms with Crippen molar-refractivity contribution >= 4 is 27.4 Å². The van der Waals surface area contributed by atoms with Crippen LogP contribution in [0.4, 0.5) is 0 Å². The van der Waals surface area contributed by atoms with E-state index in [1.165, 1.54) is 11.3 Å². The van der Waals surface area contributed by atoms with Crippen LogP contribution in [0, 0.1) is 0 Å². The van der Waals surface area contributed by atoms with Crippen molar-refractivity contribution in [2.24, 2.45) is 0 Å². The molecular formula is C12H12O3S. The topological polar surface area (TPSA) is 46.5 Å². The summed E-state index contributed by atoms with van der Waals surface area (Å²) < 4.78 is 6.53. The Morgan fingerprint density at radius 2 is 2.06 bits per heavy atom. The molecule has 0 aliphatic heterocycles. The highest BCUT2D eigenvalue weighted by Gasteiger charge is 2.19. The first-order chi connectivity index (χ1) is 7.59. The summed E-state index contributed by atoms with van der Waals surface area (Å²) in [6.45, 7) is 3.77. The molecule has 0 saturated heterocycles. The Labute approximate surface area is 97.3 Å². The van der Waals surface area contributed by atoms with Gasteiger partial charge in [0.2, 0.25) is 0 Å². The SMILES string of the molecule is CC(C)Oc1c(C(=O)O)sc2ccccc12. The number of carboxylic acids is 1. The molecule has 0 amide bonds. The molecule has 0 saturated carbocycles. The fourth-order valence-electron chi connectivity index (χ4n) is 1.52. The zero-order chi connectivity index (χ0) is 11.7. The highest BCUT2D eigenvalue weighted by atomic mass is 32.1. The quantitative estimate of drug-likeness (QED) is 0.888. The van der Waals surface area contributed by atoms with Gasteiger partial charge in [-0.05, 0) is 26.0 Å². The van der Waals surface area contributed by atoms with Crippen LogP contribution >= 0.6 is 11.3 Å². The highest BCUT2D eigenvalue weighted by molar-refractivity contribution is 7.21. The second kappa shape index (κ2) is 4.14.